The van der Waals surface area contributed by atoms with Crippen molar-refractivity contribution in [1.29, 1.82) is 0 Å². The lowest BCUT2D eigenvalue weighted by atomic mass is 10.2. The van der Waals surface area contributed by atoms with E-state index in [1.54, 1.807) is 7.11 Å². The summed E-state index contributed by atoms with van der Waals surface area (Å²) in [5, 5.41) is 11.8. The molecular formula is C11H22N2O4. The quantitative estimate of drug-likeness (QED) is 0.618. The maximum atomic E-state index is 11.7. The third-order valence-electron chi connectivity index (χ3n) is 2.62. The summed E-state index contributed by atoms with van der Waals surface area (Å²) >= 11 is 0. The van der Waals surface area contributed by atoms with E-state index in [9.17, 15) is 4.79 Å². The molecule has 0 spiro atoms. The van der Waals surface area contributed by atoms with E-state index in [0.29, 0.717) is 26.3 Å². The second-order valence-corrected chi connectivity index (χ2v) is 4.33. The molecule has 0 aromatic heterocycles. The van der Waals surface area contributed by atoms with Crippen LogP contribution in [0, 0.1) is 0 Å². The monoisotopic (exact) mass is 246 g/mol. The van der Waals surface area contributed by atoms with Crippen LogP contribution in [0.5, 0.6) is 0 Å². The Kier molecular flexibility index (Phi) is 6.43. The Morgan fingerprint density at radius 3 is 3.12 bits per heavy atom. The minimum atomic E-state index is -0.173. The van der Waals surface area contributed by atoms with Crippen LogP contribution >= 0.6 is 0 Å². The predicted octanol–water partition coefficient (Wildman–Crippen LogP) is -1.17. The standard InChI is InChI=1S/C11H22N2O4/c1-9(8-16-2)12-11(15)6-13-3-4-17-10(5-13)7-14/h9-10,14H,3-8H2,1-2H3,(H,12,15). The van der Waals surface area contributed by atoms with Crippen LogP contribution in [0.4, 0.5) is 0 Å². The van der Waals surface area contributed by atoms with Gasteiger partial charge in [0.15, 0.2) is 0 Å². The van der Waals surface area contributed by atoms with Gasteiger partial charge in [-0.3, -0.25) is 9.69 Å². The number of rotatable bonds is 6. The topological polar surface area (TPSA) is 71.0 Å². The van der Waals surface area contributed by atoms with E-state index in [0.717, 1.165) is 6.54 Å². The molecule has 1 aliphatic rings. The van der Waals surface area contributed by atoms with Crippen LogP contribution in [0.15, 0.2) is 0 Å². The van der Waals surface area contributed by atoms with Crippen LogP contribution in [0.3, 0.4) is 0 Å². The molecule has 1 aliphatic heterocycles. The highest BCUT2D eigenvalue weighted by Gasteiger charge is 2.21. The molecule has 0 bridgehead atoms. The third-order valence-corrected chi connectivity index (χ3v) is 2.62. The molecule has 0 radical (unpaired) electrons. The van der Waals surface area contributed by atoms with E-state index in [1.807, 2.05) is 11.8 Å². The molecule has 2 atom stereocenters. The zero-order valence-corrected chi connectivity index (χ0v) is 10.5. The SMILES string of the molecule is COCC(C)NC(=O)CN1CCOC(CO)C1. The zero-order valence-electron chi connectivity index (χ0n) is 10.5. The first-order chi connectivity index (χ1) is 8.15. The van der Waals surface area contributed by atoms with Crippen molar-refractivity contribution in [1.82, 2.24) is 10.2 Å². The summed E-state index contributed by atoms with van der Waals surface area (Å²) in [5.74, 6) is -0.0202. The van der Waals surface area contributed by atoms with Crippen molar-refractivity contribution in [2.24, 2.45) is 0 Å². The summed E-state index contributed by atoms with van der Waals surface area (Å²) in [6.07, 6.45) is -0.173. The molecule has 6 heteroatoms. The molecule has 17 heavy (non-hydrogen) atoms. The van der Waals surface area contributed by atoms with E-state index in [-0.39, 0.29) is 24.7 Å². The largest absolute Gasteiger partial charge is 0.394 e. The minimum absolute atomic E-state index is 0.00179. The summed E-state index contributed by atoms with van der Waals surface area (Å²) in [6.45, 7) is 4.63. The van der Waals surface area contributed by atoms with Crippen LogP contribution < -0.4 is 5.32 Å². The first-order valence-corrected chi connectivity index (χ1v) is 5.88. The highest BCUT2D eigenvalue weighted by molar-refractivity contribution is 5.78. The lowest BCUT2D eigenvalue weighted by Crippen LogP contribution is -2.49. The highest BCUT2D eigenvalue weighted by atomic mass is 16.5. The van der Waals surface area contributed by atoms with Crippen molar-refractivity contribution in [2.45, 2.75) is 19.1 Å². The van der Waals surface area contributed by atoms with Gasteiger partial charge >= 0.3 is 0 Å². The number of carbonyl (C=O) groups excluding carboxylic acids is 1. The number of carbonyl (C=O) groups is 1. The van der Waals surface area contributed by atoms with Gasteiger partial charge in [-0.2, -0.15) is 0 Å². The molecule has 2 N–H and O–H groups in total. The average molecular weight is 246 g/mol. The van der Waals surface area contributed by atoms with Gasteiger partial charge in [0, 0.05) is 26.2 Å². The van der Waals surface area contributed by atoms with Crippen molar-refractivity contribution < 1.29 is 19.4 Å². The molecule has 1 rings (SSSR count). The van der Waals surface area contributed by atoms with Gasteiger partial charge in [-0.1, -0.05) is 0 Å². The van der Waals surface area contributed by atoms with Gasteiger partial charge < -0.3 is 19.9 Å². The fourth-order valence-corrected chi connectivity index (χ4v) is 1.85. The van der Waals surface area contributed by atoms with Crippen molar-refractivity contribution in [3.05, 3.63) is 0 Å². The number of nitrogens with one attached hydrogen (secondary N) is 1. The molecule has 1 saturated heterocycles. The maximum absolute atomic E-state index is 11.7. The van der Waals surface area contributed by atoms with Gasteiger partial charge in [-0.25, -0.2) is 0 Å². The Morgan fingerprint density at radius 2 is 2.47 bits per heavy atom. The Morgan fingerprint density at radius 1 is 1.71 bits per heavy atom. The van der Waals surface area contributed by atoms with Gasteiger partial charge in [0.1, 0.15) is 0 Å². The van der Waals surface area contributed by atoms with Crippen molar-refractivity contribution in [3.8, 4) is 0 Å². The van der Waals surface area contributed by atoms with E-state index >= 15 is 0 Å². The van der Waals surface area contributed by atoms with Gasteiger partial charge in [0.25, 0.3) is 0 Å². The molecule has 0 aliphatic carbocycles. The summed E-state index contributed by atoms with van der Waals surface area (Å²) in [7, 11) is 1.61. The Bertz CT molecular complexity index is 238. The Labute approximate surface area is 102 Å². The number of morpholine rings is 1. The predicted molar refractivity (Wildman–Crippen MR) is 62.7 cm³/mol. The number of aliphatic hydroxyl groups is 1. The summed E-state index contributed by atoms with van der Waals surface area (Å²) < 4.78 is 10.3. The van der Waals surface area contributed by atoms with Crippen LogP contribution in [-0.2, 0) is 14.3 Å². The number of nitrogens with zero attached hydrogens (tertiary/aromatic N) is 1. The van der Waals surface area contributed by atoms with Crippen molar-refractivity contribution >= 4 is 5.91 Å². The van der Waals surface area contributed by atoms with E-state index in [2.05, 4.69) is 5.32 Å². The van der Waals surface area contributed by atoms with Gasteiger partial charge in [0.2, 0.25) is 5.91 Å². The number of amides is 1. The van der Waals surface area contributed by atoms with Gasteiger partial charge in [-0.05, 0) is 6.92 Å². The molecule has 6 nitrogen and oxygen atoms in total. The Balaban J connectivity index is 2.25. The van der Waals surface area contributed by atoms with Crippen LogP contribution in [0.25, 0.3) is 0 Å². The number of hydrogen-bond donors (Lipinski definition) is 2. The second kappa shape index (κ2) is 7.60. The van der Waals surface area contributed by atoms with Crippen LogP contribution in [0.2, 0.25) is 0 Å². The minimum Gasteiger partial charge on any atom is -0.394 e. The van der Waals surface area contributed by atoms with E-state index in [1.165, 1.54) is 0 Å². The fraction of sp³-hybridized carbons (Fsp3) is 0.909. The summed E-state index contributed by atoms with van der Waals surface area (Å²) in [4.78, 5) is 13.7. The van der Waals surface area contributed by atoms with Crippen molar-refractivity contribution in [3.63, 3.8) is 0 Å². The summed E-state index contributed by atoms with van der Waals surface area (Å²) in [5.41, 5.74) is 0. The van der Waals surface area contributed by atoms with Crippen LogP contribution in [-0.4, -0.2) is 74.6 Å². The number of ether oxygens (including phenoxy) is 2. The molecule has 2 unspecified atom stereocenters. The second-order valence-electron chi connectivity index (χ2n) is 4.33. The molecule has 1 heterocycles. The molecule has 0 saturated carbocycles. The molecule has 100 valence electrons. The summed E-state index contributed by atoms with van der Waals surface area (Å²) in [6, 6.07) is 0.0159. The molecule has 1 fully saturated rings. The highest BCUT2D eigenvalue weighted by Crippen LogP contribution is 2.03. The van der Waals surface area contributed by atoms with Gasteiger partial charge in [0.05, 0.1) is 32.5 Å². The van der Waals surface area contributed by atoms with E-state index < -0.39 is 0 Å². The Hall–Kier alpha value is -0.690. The molecule has 0 aromatic rings. The lowest BCUT2D eigenvalue weighted by Gasteiger charge is -2.31. The van der Waals surface area contributed by atoms with E-state index in [4.69, 9.17) is 14.6 Å². The first kappa shape index (κ1) is 14.4. The van der Waals surface area contributed by atoms with Crippen molar-refractivity contribution in [2.75, 3.05) is 46.6 Å². The smallest absolute Gasteiger partial charge is 0.234 e. The molecule has 1 amide bonds. The maximum Gasteiger partial charge on any atom is 0.234 e. The molecular weight excluding hydrogens is 224 g/mol. The lowest BCUT2D eigenvalue weighted by molar-refractivity contribution is -0.125. The number of methoxy groups -OCH3 is 1. The average Bonchev–Trinajstić information content (AvgIpc) is 2.29. The zero-order chi connectivity index (χ0) is 12.7. The third kappa shape index (κ3) is 5.45. The first-order valence-electron chi connectivity index (χ1n) is 5.88. The fourth-order valence-electron chi connectivity index (χ4n) is 1.85. The normalized spacial score (nSPS) is 23.4. The van der Waals surface area contributed by atoms with Gasteiger partial charge in [-0.15, -0.1) is 0 Å². The molecule has 0 aromatic carbocycles. The van der Waals surface area contributed by atoms with Crippen LogP contribution in [0.1, 0.15) is 6.92 Å². The number of aliphatic hydroxyl groups excluding tert-OH is 1. The number of hydrogen-bond acceptors (Lipinski definition) is 5.